The van der Waals surface area contributed by atoms with Crippen molar-refractivity contribution in [2.75, 3.05) is 6.54 Å². The van der Waals surface area contributed by atoms with E-state index in [1.165, 1.54) is 24.3 Å². The zero-order valence-electron chi connectivity index (χ0n) is 8.81. The molecule has 0 unspecified atom stereocenters. The standard InChI is InChI=1S/C10H11ClN2O2S2/c1-2-7-12-10(16)13-17(14,15)9-5-3-8(11)4-6-9/h2-6H,1,7H2,(H2,12,13,16). The Morgan fingerprint density at radius 2 is 2.00 bits per heavy atom. The van der Waals surface area contributed by atoms with Gasteiger partial charge in [-0.05, 0) is 36.5 Å². The molecule has 0 aromatic heterocycles. The summed E-state index contributed by atoms with van der Waals surface area (Å²) in [6.07, 6.45) is 1.57. The number of hydrogen-bond donors (Lipinski definition) is 2. The molecule has 0 aliphatic carbocycles. The fraction of sp³-hybridized carbons (Fsp3) is 0.100. The molecule has 0 radical (unpaired) electrons. The van der Waals surface area contributed by atoms with Crippen LogP contribution in [-0.2, 0) is 10.0 Å². The smallest absolute Gasteiger partial charge is 0.263 e. The first-order chi connectivity index (χ1) is 7.95. The van der Waals surface area contributed by atoms with E-state index in [0.29, 0.717) is 11.6 Å². The minimum Gasteiger partial charge on any atom is -0.358 e. The van der Waals surface area contributed by atoms with Crippen LogP contribution in [0, 0.1) is 0 Å². The lowest BCUT2D eigenvalue weighted by Gasteiger charge is -2.09. The van der Waals surface area contributed by atoms with Gasteiger partial charge < -0.3 is 5.32 Å². The predicted molar refractivity (Wildman–Crippen MR) is 72.6 cm³/mol. The van der Waals surface area contributed by atoms with Crippen molar-refractivity contribution in [2.45, 2.75) is 4.90 Å². The van der Waals surface area contributed by atoms with Crippen LogP contribution in [0.4, 0.5) is 0 Å². The van der Waals surface area contributed by atoms with Gasteiger partial charge in [0.25, 0.3) is 10.0 Å². The zero-order valence-corrected chi connectivity index (χ0v) is 11.2. The van der Waals surface area contributed by atoms with E-state index in [9.17, 15) is 8.42 Å². The molecular weight excluding hydrogens is 280 g/mol. The molecule has 1 rings (SSSR count). The highest BCUT2D eigenvalue weighted by molar-refractivity contribution is 7.91. The molecule has 0 aliphatic heterocycles. The number of nitrogens with one attached hydrogen (secondary N) is 2. The van der Waals surface area contributed by atoms with Crippen LogP contribution >= 0.6 is 23.8 Å². The third-order valence-corrected chi connectivity index (χ3v) is 3.75. The second-order valence-electron chi connectivity index (χ2n) is 3.06. The molecule has 0 saturated heterocycles. The van der Waals surface area contributed by atoms with Gasteiger partial charge in [-0.2, -0.15) is 0 Å². The maximum atomic E-state index is 11.8. The number of halogens is 1. The minimum absolute atomic E-state index is 0.0276. The summed E-state index contributed by atoms with van der Waals surface area (Å²) < 4.78 is 25.8. The Bertz CT molecular complexity index is 512. The minimum atomic E-state index is -3.65. The van der Waals surface area contributed by atoms with Gasteiger partial charge in [-0.3, -0.25) is 4.72 Å². The number of sulfonamides is 1. The SMILES string of the molecule is C=CCNC(=S)NS(=O)(=O)c1ccc(Cl)cc1. The largest absolute Gasteiger partial charge is 0.358 e. The molecule has 1 aromatic rings. The van der Waals surface area contributed by atoms with E-state index in [1.807, 2.05) is 0 Å². The van der Waals surface area contributed by atoms with Gasteiger partial charge in [-0.25, -0.2) is 8.42 Å². The molecule has 17 heavy (non-hydrogen) atoms. The Morgan fingerprint density at radius 3 is 2.53 bits per heavy atom. The second kappa shape index (κ2) is 6.00. The van der Waals surface area contributed by atoms with Crippen LogP contribution in [0.2, 0.25) is 5.02 Å². The summed E-state index contributed by atoms with van der Waals surface area (Å²) in [4.78, 5) is 0.102. The molecule has 1 aromatic carbocycles. The molecular formula is C10H11ClN2O2S2. The lowest BCUT2D eigenvalue weighted by atomic mass is 10.4. The van der Waals surface area contributed by atoms with Crippen LogP contribution in [0.5, 0.6) is 0 Å². The van der Waals surface area contributed by atoms with Crippen molar-refractivity contribution in [1.82, 2.24) is 10.0 Å². The van der Waals surface area contributed by atoms with E-state index in [0.717, 1.165) is 0 Å². The first kappa shape index (κ1) is 14.0. The van der Waals surface area contributed by atoms with Crippen LogP contribution in [0.15, 0.2) is 41.8 Å². The molecule has 0 saturated carbocycles. The number of thiocarbonyl (C=S) groups is 1. The lowest BCUT2D eigenvalue weighted by Crippen LogP contribution is -2.39. The number of rotatable bonds is 4. The van der Waals surface area contributed by atoms with Gasteiger partial charge in [0.15, 0.2) is 5.11 Å². The van der Waals surface area contributed by atoms with Gasteiger partial charge >= 0.3 is 0 Å². The van der Waals surface area contributed by atoms with E-state index in [1.54, 1.807) is 6.08 Å². The molecule has 7 heteroatoms. The van der Waals surface area contributed by atoms with E-state index in [4.69, 9.17) is 23.8 Å². The Kier molecular flexibility index (Phi) is 4.92. The summed E-state index contributed by atoms with van der Waals surface area (Å²) in [5, 5.41) is 3.16. The van der Waals surface area contributed by atoms with E-state index in [-0.39, 0.29) is 10.0 Å². The molecule has 0 atom stereocenters. The van der Waals surface area contributed by atoms with Gasteiger partial charge in [0.2, 0.25) is 0 Å². The predicted octanol–water partition coefficient (Wildman–Crippen LogP) is 1.68. The molecule has 0 heterocycles. The highest BCUT2D eigenvalue weighted by atomic mass is 35.5. The number of hydrogen-bond acceptors (Lipinski definition) is 3. The molecule has 0 aliphatic rings. The molecule has 0 fully saturated rings. The van der Waals surface area contributed by atoms with Gasteiger partial charge in [0.05, 0.1) is 4.90 Å². The second-order valence-corrected chi connectivity index (χ2v) is 5.59. The van der Waals surface area contributed by atoms with Gasteiger partial charge in [-0.15, -0.1) is 6.58 Å². The Labute approximate surface area is 111 Å². The highest BCUT2D eigenvalue weighted by Gasteiger charge is 2.14. The molecule has 92 valence electrons. The highest BCUT2D eigenvalue weighted by Crippen LogP contribution is 2.13. The van der Waals surface area contributed by atoms with Crippen LogP contribution in [0.25, 0.3) is 0 Å². The van der Waals surface area contributed by atoms with Crippen molar-refractivity contribution in [1.29, 1.82) is 0 Å². The maximum absolute atomic E-state index is 11.8. The molecule has 0 amide bonds. The maximum Gasteiger partial charge on any atom is 0.263 e. The summed E-state index contributed by atoms with van der Waals surface area (Å²) >= 11 is 10.5. The van der Waals surface area contributed by atoms with Crippen molar-refractivity contribution in [3.05, 3.63) is 41.9 Å². The van der Waals surface area contributed by atoms with Crippen molar-refractivity contribution >= 4 is 39.0 Å². The van der Waals surface area contributed by atoms with Crippen LogP contribution in [0.1, 0.15) is 0 Å². The van der Waals surface area contributed by atoms with Crippen LogP contribution in [-0.4, -0.2) is 20.1 Å². The normalized spacial score (nSPS) is 10.6. The van der Waals surface area contributed by atoms with Crippen molar-refractivity contribution < 1.29 is 8.42 Å². The van der Waals surface area contributed by atoms with Gasteiger partial charge in [0.1, 0.15) is 0 Å². The third kappa shape index (κ3) is 4.33. The number of benzene rings is 1. The monoisotopic (exact) mass is 290 g/mol. The van der Waals surface area contributed by atoms with Crippen molar-refractivity contribution in [3.63, 3.8) is 0 Å². The first-order valence-electron chi connectivity index (χ1n) is 4.63. The van der Waals surface area contributed by atoms with Crippen molar-refractivity contribution in [3.8, 4) is 0 Å². The average molecular weight is 291 g/mol. The molecule has 2 N–H and O–H groups in total. The molecule has 4 nitrogen and oxygen atoms in total. The Hall–Kier alpha value is -1.11. The topological polar surface area (TPSA) is 58.2 Å². The Morgan fingerprint density at radius 1 is 1.41 bits per heavy atom. The van der Waals surface area contributed by atoms with Crippen molar-refractivity contribution in [2.24, 2.45) is 0 Å². The summed E-state index contributed by atoms with van der Waals surface area (Å²) in [6.45, 7) is 3.87. The summed E-state index contributed by atoms with van der Waals surface area (Å²) in [6, 6.07) is 5.80. The summed E-state index contributed by atoms with van der Waals surface area (Å²) in [5.41, 5.74) is 0. The summed E-state index contributed by atoms with van der Waals surface area (Å²) in [5.74, 6) is 0. The summed E-state index contributed by atoms with van der Waals surface area (Å²) in [7, 11) is -3.65. The van der Waals surface area contributed by atoms with Crippen LogP contribution < -0.4 is 10.0 Å². The quantitative estimate of drug-likeness (QED) is 0.654. The fourth-order valence-electron chi connectivity index (χ4n) is 0.996. The Balaban J connectivity index is 2.78. The lowest BCUT2D eigenvalue weighted by molar-refractivity contribution is 0.592. The zero-order chi connectivity index (χ0) is 12.9. The van der Waals surface area contributed by atoms with E-state index >= 15 is 0 Å². The first-order valence-corrected chi connectivity index (χ1v) is 6.90. The van der Waals surface area contributed by atoms with E-state index < -0.39 is 10.0 Å². The van der Waals surface area contributed by atoms with Gasteiger partial charge in [-0.1, -0.05) is 17.7 Å². The van der Waals surface area contributed by atoms with Crippen LogP contribution in [0.3, 0.4) is 0 Å². The molecule has 0 spiro atoms. The van der Waals surface area contributed by atoms with Gasteiger partial charge in [0, 0.05) is 11.6 Å². The fourth-order valence-corrected chi connectivity index (χ4v) is 2.46. The average Bonchev–Trinajstić information content (AvgIpc) is 2.26. The molecule has 0 bridgehead atoms. The van der Waals surface area contributed by atoms with E-state index in [2.05, 4.69) is 16.6 Å². The third-order valence-electron chi connectivity index (χ3n) is 1.76.